The molecule has 2 heterocycles. The van der Waals surface area contributed by atoms with E-state index >= 15 is 0 Å². The van der Waals surface area contributed by atoms with E-state index in [0.29, 0.717) is 5.95 Å². The highest BCUT2D eigenvalue weighted by atomic mass is 16.2. The molecule has 0 aliphatic carbocycles. The van der Waals surface area contributed by atoms with Gasteiger partial charge in [-0.15, -0.1) is 0 Å². The van der Waals surface area contributed by atoms with Gasteiger partial charge in [-0.1, -0.05) is 0 Å². The fourth-order valence-corrected chi connectivity index (χ4v) is 1.60. The van der Waals surface area contributed by atoms with Gasteiger partial charge in [0.05, 0.1) is 5.92 Å². The molecule has 1 aliphatic rings. The first-order chi connectivity index (χ1) is 7.49. The fraction of sp³-hybridized carbons (Fsp3) is 0.455. The quantitative estimate of drug-likeness (QED) is 0.716. The summed E-state index contributed by atoms with van der Waals surface area (Å²) in [6.07, 6.45) is 0. The Morgan fingerprint density at radius 3 is 2.19 bits per heavy atom. The molecular weight excluding hydrogens is 204 g/mol. The van der Waals surface area contributed by atoms with Crippen molar-refractivity contribution in [2.24, 2.45) is 11.0 Å². The first kappa shape index (κ1) is 10.7. The largest absolute Gasteiger partial charge is 0.272 e. The van der Waals surface area contributed by atoms with Gasteiger partial charge in [-0.2, -0.15) is 10.1 Å². The lowest BCUT2D eigenvalue weighted by Gasteiger charge is -2.11. The topological polar surface area (TPSA) is 58.5 Å². The average molecular weight is 218 g/mol. The molecule has 0 saturated carbocycles. The molecule has 0 saturated heterocycles. The second-order valence-electron chi connectivity index (χ2n) is 4.06. The Hall–Kier alpha value is -1.78. The molecule has 1 aromatic heterocycles. The van der Waals surface area contributed by atoms with Gasteiger partial charge in [0.2, 0.25) is 0 Å². The minimum Gasteiger partial charge on any atom is -0.272 e. The minimum absolute atomic E-state index is 0.0671. The summed E-state index contributed by atoms with van der Waals surface area (Å²) in [6, 6.07) is 1.87. The number of nitrogens with zero attached hydrogens (tertiary/aromatic N) is 4. The van der Waals surface area contributed by atoms with Crippen LogP contribution in [0.4, 0.5) is 5.95 Å². The Morgan fingerprint density at radius 1 is 1.19 bits per heavy atom. The third-order valence-electron chi connectivity index (χ3n) is 2.62. The van der Waals surface area contributed by atoms with Gasteiger partial charge in [0.1, 0.15) is 0 Å². The number of aromatic nitrogens is 2. The number of carbonyl (C=O) groups is 1. The Kier molecular flexibility index (Phi) is 2.46. The first-order valence-corrected chi connectivity index (χ1v) is 5.20. The second kappa shape index (κ2) is 3.66. The van der Waals surface area contributed by atoms with Crippen molar-refractivity contribution < 1.29 is 4.79 Å². The van der Waals surface area contributed by atoms with Gasteiger partial charge in [0.25, 0.3) is 11.9 Å². The van der Waals surface area contributed by atoms with E-state index < -0.39 is 0 Å². The number of anilines is 1. The summed E-state index contributed by atoms with van der Waals surface area (Å²) in [5, 5.41) is 5.47. The number of amides is 1. The van der Waals surface area contributed by atoms with E-state index in [1.54, 1.807) is 0 Å². The standard InChI is InChI=1S/C11H14N4O/c1-6-5-7(2)13-11(12-6)15-10(16)8(3)9(4)14-15/h5,8H,1-4H3/t8-/m1/s1. The number of hydrazone groups is 1. The maximum absolute atomic E-state index is 11.9. The zero-order valence-electron chi connectivity index (χ0n) is 9.85. The van der Waals surface area contributed by atoms with Gasteiger partial charge in [0.15, 0.2) is 0 Å². The van der Waals surface area contributed by atoms with Crippen molar-refractivity contribution in [3.8, 4) is 0 Å². The van der Waals surface area contributed by atoms with Crippen LogP contribution in [0.2, 0.25) is 0 Å². The molecule has 0 fully saturated rings. The SMILES string of the molecule is CC1=NN(c2nc(C)cc(C)n2)C(=O)[C@@H]1C. The maximum atomic E-state index is 11.9. The number of aryl methyl sites for hydroxylation is 2. The summed E-state index contributed by atoms with van der Waals surface area (Å²) in [5.41, 5.74) is 2.47. The number of hydrogen-bond acceptors (Lipinski definition) is 4. The normalized spacial score (nSPS) is 20.2. The van der Waals surface area contributed by atoms with Crippen LogP contribution in [0.15, 0.2) is 11.2 Å². The van der Waals surface area contributed by atoms with Crippen molar-refractivity contribution in [1.29, 1.82) is 0 Å². The van der Waals surface area contributed by atoms with Gasteiger partial charge in [-0.3, -0.25) is 4.79 Å². The van der Waals surface area contributed by atoms with Crippen molar-refractivity contribution in [1.82, 2.24) is 9.97 Å². The molecule has 0 aromatic carbocycles. The van der Waals surface area contributed by atoms with E-state index in [2.05, 4.69) is 15.1 Å². The van der Waals surface area contributed by atoms with Crippen molar-refractivity contribution in [2.75, 3.05) is 5.01 Å². The number of hydrogen-bond donors (Lipinski definition) is 0. The predicted molar refractivity (Wildman–Crippen MR) is 61.3 cm³/mol. The van der Waals surface area contributed by atoms with Gasteiger partial charge in [-0.25, -0.2) is 9.97 Å². The highest BCUT2D eigenvalue weighted by Crippen LogP contribution is 2.20. The molecule has 1 aromatic rings. The van der Waals surface area contributed by atoms with E-state index in [0.717, 1.165) is 17.1 Å². The lowest BCUT2D eigenvalue weighted by atomic mass is 10.1. The van der Waals surface area contributed by atoms with E-state index in [1.165, 1.54) is 5.01 Å². The second-order valence-corrected chi connectivity index (χ2v) is 4.06. The van der Waals surface area contributed by atoms with Crippen molar-refractivity contribution in [3.63, 3.8) is 0 Å². The molecule has 1 amide bonds. The number of carbonyl (C=O) groups excluding carboxylic acids is 1. The van der Waals surface area contributed by atoms with Gasteiger partial charge in [-0.05, 0) is 33.8 Å². The van der Waals surface area contributed by atoms with Crippen molar-refractivity contribution in [2.45, 2.75) is 27.7 Å². The Labute approximate surface area is 94.2 Å². The highest BCUT2D eigenvalue weighted by molar-refractivity contribution is 6.13. The van der Waals surface area contributed by atoms with Gasteiger partial charge < -0.3 is 0 Å². The third-order valence-corrected chi connectivity index (χ3v) is 2.62. The lowest BCUT2D eigenvalue weighted by molar-refractivity contribution is -0.119. The Morgan fingerprint density at radius 2 is 1.75 bits per heavy atom. The molecule has 0 spiro atoms. The summed E-state index contributed by atoms with van der Waals surface area (Å²) in [4.78, 5) is 20.3. The molecule has 16 heavy (non-hydrogen) atoms. The Bertz CT molecular complexity index is 461. The van der Waals surface area contributed by atoms with Crippen molar-refractivity contribution in [3.05, 3.63) is 17.5 Å². The van der Waals surface area contributed by atoms with E-state index in [9.17, 15) is 4.79 Å². The molecule has 5 nitrogen and oxygen atoms in total. The van der Waals surface area contributed by atoms with Crippen LogP contribution < -0.4 is 5.01 Å². The molecule has 0 unspecified atom stereocenters. The van der Waals surface area contributed by atoms with Crippen LogP contribution in [0.3, 0.4) is 0 Å². The summed E-state index contributed by atoms with van der Waals surface area (Å²) in [6.45, 7) is 7.42. The molecule has 0 bridgehead atoms. The molecule has 84 valence electrons. The third kappa shape index (κ3) is 1.68. The van der Waals surface area contributed by atoms with E-state index in [1.807, 2.05) is 33.8 Å². The molecule has 0 N–H and O–H groups in total. The molecule has 5 heteroatoms. The van der Waals surface area contributed by atoms with Crippen LogP contribution in [0.1, 0.15) is 25.2 Å². The molecule has 2 rings (SSSR count). The maximum Gasteiger partial charge on any atom is 0.258 e. The minimum atomic E-state index is -0.176. The summed E-state index contributed by atoms with van der Waals surface area (Å²) >= 11 is 0. The van der Waals surface area contributed by atoms with E-state index in [-0.39, 0.29) is 11.8 Å². The summed E-state index contributed by atoms with van der Waals surface area (Å²) in [5.74, 6) is 0.123. The van der Waals surface area contributed by atoms with Crippen molar-refractivity contribution >= 4 is 17.6 Å². The predicted octanol–water partition coefficient (Wildman–Crippen LogP) is 1.45. The van der Waals surface area contributed by atoms with Crippen LogP contribution in [0.25, 0.3) is 0 Å². The molecule has 1 aliphatic heterocycles. The van der Waals surface area contributed by atoms with Crippen LogP contribution in [0.5, 0.6) is 0 Å². The first-order valence-electron chi connectivity index (χ1n) is 5.20. The van der Waals surface area contributed by atoms with Gasteiger partial charge in [0, 0.05) is 17.1 Å². The highest BCUT2D eigenvalue weighted by Gasteiger charge is 2.32. The van der Waals surface area contributed by atoms with E-state index in [4.69, 9.17) is 0 Å². The molecule has 0 radical (unpaired) electrons. The van der Waals surface area contributed by atoms with Gasteiger partial charge >= 0.3 is 0 Å². The molecular formula is C11H14N4O. The van der Waals surface area contributed by atoms with Crippen LogP contribution in [-0.4, -0.2) is 21.6 Å². The molecule has 1 atom stereocenters. The summed E-state index contributed by atoms with van der Waals surface area (Å²) in [7, 11) is 0. The number of rotatable bonds is 1. The summed E-state index contributed by atoms with van der Waals surface area (Å²) < 4.78 is 0. The smallest absolute Gasteiger partial charge is 0.258 e. The zero-order valence-corrected chi connectivity index (χ0v) is 9.85. The Balaban J connectivity index is 2.42. The monoisotopic (exact) mass is 218 g/mol. The van der Waals surface area contributed by atoms with Crippen LogP contribution in [-0.2, 0) is 4.79 Å². The van der Waals surface area contributed by atoms with Crippen LogP contribution >= 0.6 is 0 Å². The zero-order chi connectivity index (χ0) is 11.9. The fourth-order valence-electron chi connectivity index (χ4n) is 1.60. The lowest BCUT2D eigenvalue weighted by Crippen LogP contribution is -2.27. The van der Waals surface area contributed by atoms with Crippen LogP contribution in [0, 0.1) is 19.8 Å². The average Bonchev–Trinajstić information content (AvgIpc) is 2.44.